The summed E-state index contributed by atoms with van der Waals surface area (Å²) in [5.74, 6) is -0.237. The predicted molar refractivity (Wildman–Crippen MR) is 63.7 cm³/mol. The van der Waals surface area contributed by atoms with Crippen molar-refractivity contribution in [2.75, 3.05) is 26.3 Å². The van der Waals surface area contributed by atoms with E-state index in [1.807, 2.05) is 0 Å². The molecule has 0 aromatic carbocycles. The zero-order valence-electron chi connectivity index (χ0n) is 10.4. The molecule has 1 N–H and O–H groups in total. The van der Waals surface area contributed by atoms with Gasteiger partial charge in [0.15, 0.2) is 5.79 Å². The molecule has 0 amide bonds. The Morgan fingerprint density at radius 1 is 1.24 bits per heavy atom. The van der Waals surface area contributed by atoms with Crippen LogP contribution >= 0.6 is 0 Å². The van der Waals surface area contributed by atoms with Crippen molar-refractivity contribution in [2.24, 2.45) is 0 Å². The first-order valence-electron chi connectivity index (χ1n) is 6.98. The minimum atomic E-state index is -0.237. The molecular weight excluding hydrogens is 218 g/mol. The Bertz CT molecular complexity index is 265. The Balaban J connectivity index is 1.53. The Labute approximate surface area is 103 Å². The number of aliphatic hydroxyl groups is 1. The first-order chi connectivity index (χ1) is 8.31. The number of aliphatic hydroxyl groups excluding tert-OH is 1. The van der Waals surface area contributed by atoms with Gasteiger partial charge in [-0.2, -0.15) is 0 Å². The fraction of sp³-hybridized carbons (Fsp3) is 1.00. The lowest BCUT2D eigenvalue weighted by Gasteiger charge is -2.26. The SMILES string of the molecule is OCC1CCCN1CC1COC2(CCCC2)O1. The number of rotatable bonds is 3. The molecule has 3 fully saturated rings. The predicted octanol–water partition coefficient (Wildman–Crippen LogP) is 1.13. The van der Waals surface area contributed by atoms with Crippen LogP contribution in [0.25, 0.3) is 0 Å². The monoisotopic (exact) mass is 241 g/mol. The minimum absolute atomic E-state index is 0.209. The van der Waals surface area contributed by atoms with E-state index in [1.54, 1.807) is 0 Å². The zero-order chi connectivity index (χ0) is 11.7. The van der Waals surface area contributed by atoms with Crippen molar-refractivity contribution in [3.63, 3.8) is 0 Å². The fourth-order valence-corrected chi connectivity index (χ4v) is 3.49. The zero-order valence-corrected chi connectivity index (χ0v) is 10.4. The van der Waals surface area contributed by atoms with Crippen LogP contribution < -0.4 is 0 Å². The molecule has 17 heavy (non-hydrogen) atoms. The van der Waals surface area contributed by atoms with Crippen molar-refractivity contribution in [1.82, 2.24) is 4.90 Å². The molecule has 3 aliphatic rings. The molecule has 2 heterocycles. The summed E-state index contributed by atoms with van der Waals surface area (Å²) in [5.41, 5.74) is 0. The van der Waals surface area contributed by atoms with Crippen LogP contribution in [0.15, 0.2) is 0 Å². The third kappa shape index (κ3) is 2.36. The molecule has 4 heteroatoms. The second-order valence-electron chi connectivity index (χ2n) is 5.64. The molecule has 1 aliphatic carbocycles. The van der Waals surface area contributed by atoms with E-state index in [9.17, 15) is 5.11 Å². The quantitative estimate of drug-likeness (QED) is 0.804. The topological polar surface area (TPSA) is 41.9 Å². The molecule has 2 atom stereocenters. The molecule has 2 aliphatic heterocycles. The maximum absolute atomic E-state index is 9.30. The average Bonchev–Trinajstić information content (AvgIpc) is 3.03. The van der Waals surface area contributed by atoms with Gasteiger partial charge in [0, 0.05) is 25.4 Å². The van der Waals surface area contributed by atoms with Crippen molar-refractivity contribution < 1.29 is 14.6 Å². The van der Waals surface area contributed by atoms with E-state index >= 15 is 0 Å². The van der Waals surface area contributed by atoms with Gasteiger partial charge in [0.2, 0.25) is 0 Å². The highest BCUT2D eigenvalue weighted by molar-refractivity contribution is 4.87. The second-order valence-corrected chi connectivity index (χ2v) is 5.64. The van der Waals surface area contributed by atoms with Crippen molar-refractivity contribution in [3.05, 3.63) is 0 Å². The summed E-state index contributed by atoms with van der Waals surface area (Å²) in [6.45, 7) is 3.03. The van der Waals surface area contributed by atoms with E-state index in [0.29, 0.717) is 6.04 Å². The van der Waals surface area contributed by atoms with Crippen LogP contribution in [0.1, 0.15) is 38.5 Å². The maximum Gasteiger partial charge on any atom is 0.168 e. The van der Waals surface area contributed by atoms with Gasteiger partial charge >= 0.3 is 0 Å². The van der Waals surface area contributed by atoms with Gasteiger partial charge in [-0.25, -0.2) is 0 Å². The van der Waals surface area contributed by atoms with Gasteiger partial charge in [0.05, 0.1) is 19.3 Å². The van der Waals surface area contributed by atoms with Crippen molar-refractivity contribution in [1.29, 1.82) is 0 Å². The molecule has 0 aromatic heterocycles. The summed E-state index contributed by atoms with van der Waals surface area (Å²) >= 11 is 0. The Kier molecular flexibility index (Phi) is 3.39. The molecule has 4 nitrogen and oxygen atoms in total. The van der Waals surface area contributed by atoms with E-state index in [0.717, 1.165) is 39.0 Å². The van der Waals surface area contributed by atoms with Gasteiger partial charge in [-0.3, -0.25) is 4.90 Å². The molecule has 0 bridgehead atoms. The number of likely N-dealkylation sites (tertiary alicyclic amines) is 1. The molecule has 0 radical (unpaired) electrons. The lowest BCUT2D eigenvalue weighted by atomic mass is 10.2. The van der Waals surface area contributed by atoms with E-state index in [1.165, 1.54) is 19.3 Å². The summed E-state index contributed by atoms with van der Waals surface area (Å²) in [6.07, 6.45) is 7.12. The summed E-state index contributed by atoms with van der Waals surface area (Å²) in [4.78, 5) is 2.36. The second kappa shape index (κ2) is 4.84. The van der Waals surface area contributed by atoms with Crippen LogP contribution in [0.2, 0.25) is 0 Å². The maximum atomic E-state index is 9.30. The third-order valence-electron chi connectivity index (χ3n) is 4.43. The van der Waals surface area contributed by atoms with Crippen LogP contribution in [-0.4, -0.2) is 54.2 Å². The van der Waals surface area contributed by atoms with Gasteiger partial charge in [0.1, 0.15) is 0 Å². The average molecular weight is 241 g/mol. The van der Waals surface area contributed by atoms with Crippen molar-refractivity contribution in [2.45, 2.75) is 56.5 Å². The summed E-state index contributed by atoms with van der Waals surface area (Å²) in [7, 11) is 0. The highest BCUT2D eigenvalue weighted by Gasteiger charge is 2.44. The lowest BCUT2D eigenvalue weighted by molar-refractivity contribution is -0.163. The number of ether oxygens (including phenoxy) is 2. The van der Waals surface area contributed by atoms with Crippen molar-refractivity contribution in [3.8, 4) is 0 Å². The lowest BCUT2D eigenvalue weighted by Crippen LogP contribution is -2.39. The van der Waals surface area contributed by atoms with Gasteiger partial charge in [0.25, 0.3) is 0 Å². The standard InChI is InChI=1S/C13H23NO3/c15-9-11-4-3-7-14(11)8-12-10-16-13(17-12)5-1-2-6-13/h11-12,15H,1-10H2. The Morgan fingerprint density at radius 3 is 2.82 bits per heavy atom. The van der Waals surface area contributed by atoms with Gasteiger partial charge in [-0.05, 0) is 32.2 Å². The van der Waals surface area contributed by atoms with Gasteiger partial charge in [-0.15, -0.1) is 0 Å². The number of hydrogen-bond donors (Lipinski definition) is 1. The van der Waals surface area contributed by atoms with Crippen LogP contribution in [0.4, 0.5) is 0 Å². The molecule has 3 rings (SSSR count). The van der Waals surface area contributed by atoms with Gasteiger partial charge < -0.3 is 14.6 Å². The Hall–Kier alpha value is -0.160. The molecule has 2 unspecified atom stereocenters. The smallest absolute Gasteiger partial charge is 0.168 e. The summed E-state index contributed by atoms with van der Waals surface area (Å²) in [6, 6.07) is 0.346. The van der Waals surface area contributed by atoms with E-state index in [2.05, 4.69) is 4.90 Å². The van der Waals surface area contributed by atoms with Crippen LogP contribution in [0.3, 0.4) is 0 Å². The number of hydrogen-bond acceptors (Lipinski definition) is 4. The molecule has 0 aromatic rings. The van der Waals surface area contributed by atoms with Crippen molar-refractivity contribution >= 4 is 0 Å². The van der Waals surface area contributed by atoms with Crippen LogP contribution in [-0.2, 0) is 9.47 Å². The summed E-state index contributed by atoms with van der Waals surface area (Å²) < 4.78 is 12.0. The highest BCUT2D eigenvalue weighted by atomic mass is 16.7. The van der Waals surface area contributed by atoms with E-state index in [4.69, 9.17) is 9.47 Å². The van der Waals surface area contributed by atoms with E-state index in [-0.39, 0.29) is 18.5 Å². The van der Waals surface area contributed by atoms with E-state index < -0.39 is 0 Å². The fourth-order valence-electron chi connectivity index (χ4n) is 3.49. The van der Waals surface area contributed by atoms with Crippen LogP contribution in [0, 0.1) is 0 Å². The minimum Gasteiger partial charge on any atom is -0.395 e. The first kappa shape index (κ1) is 11.9. The highest BCUT2D eigenvalue weighted by Crippen LogP contribution is 2.39. The molecule has 2 saturated heterocycles. The number of nitrogens with zero attached hydrogens (tertiary/aromatic N) is 1. The van der Waals surface area contributed by atoms with Crippen LogP contribution in [0.5, 0.6) is 0 Å². The third-order valence-corrected chi connectivity index (χ3v) is 4.43. The molecule has 1 saturated carbocycles. The molecular formula is C13H23NO3. The summed E-state index contributed by atoms with van der Waals surface area (Å²) in [5, 5.41) is 9.30. The van der Waals surface area contributed by atoms with Gasteiger partial charge in [-0.1, -0.05) is 0 Å². The Morgan fingerprint density at radius 2 is 2.06 bits per heavy atom. The first-order valence-corrected chi connectivity index (χ1v) is 6.98. The normalized spacial score (nSPS) is 37.2. The molecule has 98 valence electrons. The molecule has 1 spiro atoms. The largest absolute Gasteiger partial charge is 0.395 e.